The molecule has 8 nitrogen and oxygen atoms in total. The molecule has 0 saturated heterocycles. The zero-order valence-corrected chi connectivity index (χ0v) is 28.5. The number of rotatable bonds is 4. The van der Waals surface area contributed by atoms with Gasteiger partial charge in [0.15, 0.2) is 23.2 Å². The topological polar surface area (TPSA) is 106 Å². The number of hydrogen-bond donors (Lipinski definition) is 2. The second-order valence-corrected chi connectivity index (χ2v) is 14.9. The van der Waals surface area contributed by atoms with Gasteiger partial charge in [-0.25, -0.2) is 14.1 Å². The van der Waals surface area contributed by atoms with Gasteiger partial charge in [0.25, 0.3) is 0 Å². The number of nitrogens with zero attached hydrogens (tertiary/aromatic N) is 4. The normalized spacial score (nSPS) is 19.3. The lowest BCUT2D eigenvalue weighted by Gasteiger charge is -2.31. The Morgan fingerprint density at radius 2 is 2.00 bits per heavy atom. The lowest BCUT2D eigenvalue weighted by Crippen LogP contribution is -2.27. The van der Waals surface area contributed by atoms with Crippen LogP contribution in [-0.4, -0.2) is 47.3 Å². The first kappa shape index (κ1) is 32.7. The van der Waals surface area contributed by atoms with E-state index >= 15 is 4.39 Å². The van der Waals surface area contributed by atoms with E-state index in [1.54, 1.807) is 29.9 Å². The van der Waals surface area contributed by atoms with Gasteiger partial charge in [-0.05, 0) is 72.8 Å². The van der Waals surface area contributed by atoms with Gasteiger partial charge in [-0.2, -0.15) is 16.9 Å². The zero-order chi connectivity index (χ0) is 33.3. The number of pyridine rings is 1. The number of benzene rings is 2. The Morgan fingerprint density at radius 3 is 2.81 bits per heavy atom. The quantitative estimate of drug-likeness (QED) is 0.200. The molecular weight excluding hydrogens is 614 g/mol. The Hall–Kier alpha value is -4.18. The van der Waals surface area contributed by atoms with Crippen molar-refractivity contribution < 1.29 is 19.0 Å². The number of ether oxygens (including phenoxy) is 1. The molecule has 5 aromatic rings. The van der Waals surface area contributed by atoms with E-state index in [0.717, 1.165) is 58.4 Å². The van der Waals surface area contributed by atoms with Crippen LogP contribution >= 0.6 is 11.8 Å². The minimum atomic E-state index is -0.809. The summed E-state index contributed by atoms with van der Waals surface area (Å²) in [5.74, 6) is 2.04. The Morgan fingerprint density at radius 1 is 1.17 bits per heavy atom. The van der Waals surface area contributed by atoms with Gasteiger partial charge in [0.2, 0.25) is 0 Å². The number of aliphatic carboxylic acids is 1. The largest absolute Gasteiger partial charge is 0.481 e. The summed E-state index contributed by atoms with van der Waals surface area (Å²) >= 11 is 1.88. The Bertz CT molecular complexity index is 1920. The van der Waals surface area contributed by atoms with Crippen molar-refractivity contribution in [2.45, 2.75) is 65.2 Å². The lowest BCUT2D eigenvalue weighted by atomic mass is 9.75. The summed E-state index contributed by atoms with van der Waals surface area (Å²) in [6, 6.07) is 15.2. The highest BCUT2D eigenvalue weighted by atomic mass is 32.2. The van der Waals surface area contributed by atoms with Gasteiger partial charge in [0.05, 0.1) is 11.3 Å². The molecule has 4 heterocycles. The van der Waals surface area contributed by atoms with Gasteiger partial charge >= 0.3 is 5.97 Å². The highest BCUT2D eigenvalue weighted by Gasteiger charge is 2.35. The van der Waals surface area contributed by atoms with Gasteiger partial charge in [-0.3, -0.25) is 9.78 Å². The third-order valence-electron chi connectivity index (χ3n) is 9.35. The predicted molar refractivity (Wildman–Crippen MR) is 185 cm³/mol. The summed E-state index contributed by atoms with van der Waals surface area (Å²) in [5, 5.41) is 15.4. The first-order valence-electron chi connectivity index (χ1n) is 16.2. The predicted octanol–water partition coefficient (Wildman–Crippen LogP) is 8.34. The van der Waals surface area contributed by atoms with Crippen molar-refractivity contribution in [3.63, 3.8) is 0 Å². The maximum absolute atomic E-state index is 15.6. The van der Waals surface area contributed by atoms with E-state index in [1.807, 2.05) is 43.2 Å². The molecule has 47 heavy (non-hydrogen) atoms. The molecule has 10 heteroatoms. The number of fused-ring (bicyclic) bond motifs is 8. The molecule has 1 aliphatic heterocycles. The van der Waals surface area contributed by atoms with E-state index in [1.165, 1.54) is 6.07 Å². The van der Waals surface area contributed by atoms with Crippen LogP contribution < -0.4 is 4.74 Å². The number of carboxylic acids is 1. The summed E-state index contributed by atoms with van der Waals surface area (Å²) in [4.78, 5) is 24.5. The summed E-state index contributed by atoms with van der Waals surface area (Å²) in [6.07, 6.45) is 7.37. The van der Waals surface area contributed by atoms with Crippen molar-refractivity contribution in [1.82, 2.24) is 24.7 Å². The highest BCUT2D eigenvalue weighted by Crippen LogP contribution is 2.40. The van der Waals surface area contributed by atoms with E-state index in [9.17, 15) is 9.90 Å². The molecule has 0 saturated carbocycles. The van der Waals surface area contributed by atoms with Crippen LogP contribution in [0.2, 0.25) is 0 Å². The van der Waals surface area contributed by atoms with Gasteiger partial charge in [-0.1, -0.05) is 51.5 Å². The fourth-order valence-electron chi connectivity index (χ4n) is 6.52. The van der Waals surface area contributed by atoms with Gasteiger partial charge in [0, 0.05) is 48.0 Å². The van der Waals surface area contributed by atoms with E-state index < -0.39 is 23.1 Å². The molecule has 2 N–H and O–H groups in total. The number of aromatic nitrogens is 5. The molecule has 0 fully saturated rings. The second kappa shape index (κ2) is 13.1. The Labute approximate surface area is 279 Å². The van der Waals surface area contributed by atoms with Crippen molar-refractivity contribution in [3.8, 4) is 23.0 Å². The SMILES string of the molecule is CC(Cc1cccc([C@@]2(C)CCCC(C)(C)CSCCc3c(c(F)cc4[nH]ccc34)Oc3ccnc(c3)-c3nc2nn3C)c1)C(=O)O. The van der Waals surface area contributed by atoms with Gasteiger partial charge in [-0.15, -0.1) is 0 Å². The first-order chi connectivity index (χ1) is 22.4. The number of halogens is 1. The minimum absolute atomic E-state index is 0.0739. The number of nitrogens with one attached hydrogen (secondary N) is 1. The first-order valence-corrected chi connectivity index (χ1v) is 17.3. The maximum Gasteiger partial charge on any atom is 0.306 e. The van der Waals surface area contributed by atoms with Crippen molar-refractivity contribution in [2.24, 2.45) is 18.4 Å². The van der Waals surface area contributed by atoms with Crippen LogP contribution in [0.4, 0.5) is 4.39 Å². The zero-order valence-electron chi connectivity index (χ0n) is 27.6. The smallest absolute Gasteiger partial charge is 0.306 e. The Balaban J connectivity index is 1.44. The average molecular weight is 656 g/mol. The number of carbonyl (C=O) groups is 1. The molecule has 2 aromatic carbocycles. The third-order valence-corrected chi connectivity index (χ3v) is 10.8. The summed E-state index contributed by atoms with van der Waals surface area (Å²) < 4.78 is 23.7. The molecule has 0 radical (unpaired) electrons. The standard InChI is InChI=1S/C37H42FN5O3S/c1-23(34(44)45)18-24-8-6-9-25(19-24)37(4)14-7-13-36(2,3)22-47-17-12-28-27-11-16-39-30(27)21-29(38)32(28)46-26-10-15-40-31(20-26)33-41-35(37)42-43(33)5/h6,8-11,15-16,19-21,23,39H,7,12-14,17-18,22H2,1-5H3,(H,44,45)/t23?,37-/m1/s1. The number of aryl methyl sites for hydroxylation is 2. The molecular formula is C37H42FN5O3S. The summed E-state index contributed by atoms with van der Waals surface area (Å²) in [7, 11) is 1.85. The van der Waals surface area contributed by atoms with Crippen molar-refractivity contribution >= 4 is 28.6 Å². The fourth-order valence-corrected chi connectivity index (χ4v) is 7.71. The molecule has 1 unspecified atom stereocenters. The lowest BCUT2D eigenvalue weighted by molar-refractivity contribution is -0.141. The molecule has 2 atom stereocenters. The van der Waals surface area contributed by atoms with Crippen LogP contribution in [0.1, 0.15) is 69.5 Å². The highest BCUT2D eigenvalue weighted by molar-refractivity contribution is 7.99. The Kier molecular flexibility index (Phi) is 9.16. The second-order valence-electron chi connectivity index (χ2n) is 13.8. The minimum Gasteiger partial charge on any atom is -0.481 e. The molecule has 246 valence electrons. The molecule has 0 amide bonds. The van der Waals surface area contributed by atoms with Crippen molar-refractivity contribution in [2.75, 3.05) is 11.5 Å². The van der Waals surface area contributed by atoms with E-state index in [2.05, 4.69) is 42.9 Å². The molecule has 1 aliphatic rings. The monoisotopic (exact) mass is 655 g/mol. The number of thioether (sulfide) groups is 1. The van der Waals surface area contributed by atoms with Crippen LogP contribution in [-0.2, 0) is 30.1 Å². The maximum atomic E-state index is 15.6. The van der Waals surface area contributed by atoms with E-state index in [0.29, 0.717) is 35.9 Å². The average Bonchev–Trinajstić information content (AvgIpc) is 3.66. The molecule has 3 aromatic heterocycles. The molecule has 0 spiro atoms. The van der Waals surface area contributed by atoms with Crippen LogP contribution in [0.5, 0.6) is 11.5 Å². The van der Waals surface area contributed by atoms with Crippen LogP contribution in [0.15, 0.2) is 60.9 Å². The van der Waals surface area contributed by atoms with Crippen LogP contribution in [0.3, 0.4) is 0 Å². The molecule has 4 bridgehead atoms. The fraction of sp³-hybridized carbons (Fsp3) is 0.405. The van der Waals surface area contributed by atoms with E-state index in [-0.39, 0.29) is 11.2 Å². The summed E-state index contributed by atoms with van der Waals surface area (Å²) in [5.41, 5.74) is 3.74. The van der Waals surface area contributed by atoms with Crippen LogP contribution in [0.25, 0.3) is 22.4 Å². The van der Waals surface area contributed by atoms with Crippen LogP contribution in [0, 0.1) is 17.2 Å². The number of aromatic amines is 1. The van der Waals surface area contributed by atoms with Gasteiger partial charge in [0.1, 0.15) is 11.4 Å². The summed E-state index contributed by atoms with van der Waals surface area (Å²) in [6.45, 7) is 8.53. The number of H-pyrrole nitrogens is 1. The van der Waals surface area contributed by atoms with E-state index in [4.69, 9.17) is 14.8 Å². The number of hydrogen-bond acceptors (Lipinski definition) is 6. The molecule has 0 aliphatic carbocycles. The van der Waals surface area contributed by atoms with Crippen molar-refractivity contribution in [3.05, 3.63) is 89.3 Å². The third kappa shape index (κ3) is 6.93. The molecule has 6 rings (SSSR count). The van der Waals surface area contributed by atoms with Crippen molar-refractivity contribution in [1.29, 1.82) is 0 Å². The van der Waals surface area contributed by atoms with Gasteiger partial charge < -0.3 is 14.8 Å². The number of carboxylic acid groups (broad SMARTS) is 1.